The lowest BCUT2D eigenvalue weighted by Gasteiger charge is -2.33. The number of piperidine rings is 1. The lowest BCUT2D eigenvalue weighted by atomic mass is 10.0. The third kappa shape index (κ3) is 2.86. The second kappa shape index (κ2) is 6.16. The Kier molecular flexibility index (Phi) is 4.08. The van der Waals surface area contributed by atoms with E-state index < -0.39 is 0 Å². The van der Waals surface area contributed by atoms with E-state index in [-0.39, 0.29) is 0 Å². The molecule has 5 heteroatoms. The van der Waals surface area contributed by atoms with Crippen LogP contribution >= 0.6 is 0 Å². The van der Waals surface area contributed by atoms with E-state index in [1.807, 2.05) is 24.3 Å². The van der Waals surface area contributed by atoms with Gasteiger partial charge in [0.25, 0.3) is 0 Å². The summed E-state index contributed by atoms with van der Waals surface area (Å²) in [5.41, 5.74) is 0.911. The highest BCUT2D eigenvalue weighted by molar-refractivity contribution is 5.58. The van der Waals surface area contributed by atoms with Crippen LogP contribution in [0.3, 0.4) is 0 Å². The van der Waals surface area contributed by atoms with E-state index in [1.54, 1.807) is 7.11 Å². The summed E-state index contributed by atoms with van der Waals surface area (Å²) >= 11 is 0. The lowest BCUT2D eigenvalue weighted by Crippen LogP contribution is -2.39. The second-order valence-corrected chi connectivity index (χ2v) is 5.38. The predicted octanol–water partition coefficient (Wildman–Crippen LogP) is 3.51. The van der Waals surface area contributed by atoms with E-state index in [4.69, 9.17) is 9.26 Å². The first-order valence-corrected chi connectivity index (χ1v) is 7.56. The van der Waals surface area contributed by atoms with Gasteiger partial charge in [0.05, 0.1) is 7.11 Å². The molecule has 1 aromatic heterocycles. The van der Waals surface area contributed by atoms with Crippen LogP contribution in [0.5, 0.6) is 5.75 Å². The normalized spacial score (nSPS) is 18.8. The van der Waals surface area contributed by atoms with E-state index in [0.717, 1.165) is 24.3 Å². The Hall–Kier alpha value is -2.04. The van der Waals surface area contributed by atoms with Gasteiger partial charge in [-0.3, -0.25) is 0 Å². The SMILES string of the molecule is CCC1CCCCN1c1nc(-c2cccc(OC)c2)no1. The van der Waals surface area contributed by atoms with Crippen molar-refractivity contribution >= 4 is 6.01 Å². The van der Waals surface area contributed by atoms with E-state index in [9.17, 15) is 0 Å². The van der Waals surface area contributed by atoms with Gasteiger partial charge in [-0.1, -0.05) is 24.2 Å². The number of methoxy groups -OCH3 is 1. The summed E-state index contributed by atoms with van der Waals surface area (Å²) < 4.78 is 10.7. The van der Waals surface area contributed by atoms with Crippen LogP contribution in [0.25, 0.3) is 11.4 Å². The number of anilines is 1. The Morgan fingerprint density at radius 3 is 3.10 bits per heavy atom. The summed E-state index contributed by atoms with van der Waals surface area (Å²) in [7, 11) is 1.65. The fraction of sp³-hybridized carbons (Fsp3) is 0.500. The highest BCUT2D eigenvalue weighted by Gasteiger charge is 2.25. The molecule has 0 radical (unpaired) electrons. The van der Waals surface area contributed by atoms with Crippen molar-refractivity contribution in [2.45, 2.75) is 38.6 Å². The summed E-state index contributed by atoms with van der Waals surface area (Å²) in [6.07, 6.45) is 4.78. The number of rotatable bonds is 4. The molecular formula is C16H21N3O2. The Bertz CT molecular complexity index is 597. The minimum atomic E-state index is 0.511. The number of nitrogens with zero attached hydrogens (tertiary/aromatic N) is 3. The number of hydrogen-bond acceptors (Lipinski definition) is 5. The van der Waals surface area contributed by atoms with Crippen molar-refractivity contribution in [3.8, 4) is 17.1 Å². The molecule has 3 rings (SSSR count). The third-order valence-electron chi connectivity index (χ3n) is 4.09. The number of hydrogen-bond donors (Lipinski definition) is 0. The molecule has 1 aromatic carbocycles. The molecule has 1 fully saturated rings. The van der Waals surface area contributed by atoms with Crippen LogP contribution < -0.4 is 9.64 Å². The largest absolute Gasteiger partial charge is 0.497 e. The fourth-order valence-electron chi connectivity index (χ4n) is 2.89. The van der Waals surface area contributed by atoms with Crippen molar-refractivity contribution in [3.63, 3.8) is 0 Å². The predicted molar refractivity (Wildman–Crippen MR) is 81.6 cm³/mol. The molecule has 0 aliphatic carbocycles. The molecule has 5 nitrogen and oxygen atoms in total. The van der Waals surface area contributed by atoms with Crippen LogP contribution in [0.1, 0.15) is 32.6 Å². The molecule has 0 bridgehead atoms. The average Bonchev–Trinajstić information content (AvgIpc) is 3.04. The van der Waals surface area contributed by atoms with Gasteiger partial charge in [-0.2, -0.15) is 4.98 Å². The second-order valence-electron chi connectivity index (χ2n) is 5.38. The highest BCUT2D eigenvalue weighted by atomic mass is 16.5. The van der Waals surface area contributed by atoms with Crippen LogP contribution in [-0.4, -0.2) is 29.8 Å². The van der Waals surface area contributed by atoms with Gasteiger partial charge in [-0.15, -0.1) is 0 Å². The van der Waals surface area contributed by atoms with Crippen molar-refractivity contribution in [2.24, 2.45) is 0 Å². The molecule has 1 saturated heterocycles. The molecule has 1 atom stereocenters. The van der Waals surface area contributed by atoms with E-state index in [2.05, 4.69) is 22.0 Å². The molecule has 1 aliphatic heterocycles. The molecule has 1 aliphatic rings. The van der Waals surface area contributed by atoms with E-state index >= 15 is 0 Å². The molecule has 2 aromatic rings. The third-order valence-corrected chi connectivity index (χ3v) is 4.09. The van der Waals surface area contributed by atoms with Crippen molar-refractivity contribution in [1.29, 1.82) is 0 Å². The number of ether oxygens (including phenoxy) is 1. The molecular weight excluding hydrogens is 266 g/mol. The average molecular weight is 287 g/mol. The number of benzene rings is 1. The van der Waals surface area contributed by atoms with E-state index in [1.165, 1.54) is 19.3 Å². The van der Waals surface area contributed by atoms with Crippen molar-refractivity contribution < 1.29 is 9.26 Å². The molecule has 1 unspecified atom stereocenters. The fourth-order valence-corrected chi connectivity index (χ4v) is 2.89. The van der Waals surface area contributed by atoms with Crippen molar-refractivity contribution in [3.05, 3.63) is 24.3 Å². The van der Waals surface area contributed by atoms with Gasteiger partial charge in [0.1, 0.15) is 5.75 Å². The molecule has 21 heavy (non-hydrogen) atoms. The van der Waals surface area contributed by atoms with Crippen LogP contribution in [0, 0.1) is 0 Å². The minimum Gasteiger partial charge on any atom is -0.497 e. The standard InChI is InChI=1S/C16H21N3O2/c1-3-13-8-4-5-10-19(13)16-17-15(18-21-16)12-7-6-9-14(11-12)20-2/h6-7,9,11,13H,3-5,8,10H2,1-2H3. The molecule has 0 spiro atoms. The van der Waals surface area contributed by atoms with Crippen molar-refractivity contribution in [1.82, 2.24) is 10.1 Å². The summed E-state index contributed by atoms with van der Waals surface area (Å²) in [6, 6.07) is 8.87. The zero-order chi connectivity index (χ0) is 14.7. The first-order chi connectivity index (χ1) is 10.3. The Morgan fingerprint density at radius 1 is 1.38 bits per heavy atom. The zero-order valence-corrected chi connectivity index (χ0v) is 12.6. The Morgan fingerprint density at radius 2 is 2.29 bits per heavy atom. The Balaban J connectivity index is 1.85. The van der Waals surface area contributed by atoms with E-state index in [0.29, 0.717) is 17.9 Å². The van der Waals surface area contributed by atoms with Gasteiger partial charge in [0, 0.05) is 18.2 Å². The van der Waals surface area contributed by atoms with Crippen LogP contribution in [0.4, 0.5) is 6.01 Å². The first kappa shape index (κ1) is 13.9. The highest BCUT2D eigenvalue weighted by Crippen LogP contribution is 2.28. The Labute approximate surface area is 124 Å². The molecule has 0 saturated carbocycles. The number of aromatic nitrogens is 2. The molecule has 112 valence electrons. The zero-order valence-electron chi connectivity index (χ0n) is 12.6. The van der Waals surface area contributed by atoms with Crippen LogP contribution in [0.2, 0.25) is 0 Å². The van der Waals surface area contributed by atoms with Crippen molar-refractivity contribution in [2.75, 3.05) is 18.6 Å². The molecule has 2 heterocycles. The maximum Gasteiger partial charge on any atom is 0.324 e. The van der Waals surface area contributed by atoms with Gasteiger partial charge < -0.3 is 14.2 Å². The van der Waals surface area contributed by atoms with Crippen LogP contribution in [0.15, 0.2) is 28.8 Å². The summed E-state index contributed by atoms with van der Waals surface area (Å²) in [5, 5.41) is 4.12. The summed E-state index contributed by atoms with van der Waals surface area (Å²) in [5.74, 6) is 1.41. The molecule has 0 amide bonds. The van der Waals surface area contributed by atoms with Gasteiger partial charge >= 0.3 is 6.01 Å². The van der Waals surface area contributed by atoms with Gasteiger partial charge in [-0.25, -0.2) is 0 Å². The van der Waals surface area contributed by atoms with Crippen LogP contribution in [-0.2, 0) is 0 Å². The topological polar surface area (TPSA) is 51.4 Å². The first-order valence-electron chi connectivity index (χ1n) is 7.56. The van der Waals surface area contributed by atoms with Gasteiger partial charge in [0.15, 0.2) is 0 Å². The summed E-state index contributed by atoms with van der Waals surface area (Å²) in [6.45, 7) is 3.21. The maximum atomic E-state index is 5.49. The minimum absolute atomic E-state index is 0.511. The smallest absolute Gasteiger partial charge is 0.324 e. The maximum absolute atomic E-state index is 5.49. The molecule has 0 N–H and O–H groups in total. The summed E-state index contributed by atoms with van der Waals surface area (Å²) in [4.78, 5) is 6.82. The quantitative estimate of drug-likeness (QED) is 0.861. The lowest BCUT2D eigenvalue weighted by molar-refractivity contribution is 0.368. The van der Waals surface area contributed by atoms with Gasteiger partial charge in [-0.05, 0) is 37.8 Å². The van der Waals surface area contributed by atoms with Gasteiger partial charge in [0.2, 0.25) is 5.82 Å². The monoisotopic (exact) mass is 287 g/mol.